The van der Waals surface area contributed by atoms with Crippen LogP contribution in [0.5, 0.6) is 0 Å². The van der Waals surface area contributed by atoms with Crippen molar-refractivity contribution in [3.8, 4) is 0 Å². The monoisotopic (exact) mass is 429 g/mol. The molecule has 1 aliphatic rings. The minimum atomic E-state index is -1.19. The van der Waals surface area contributed by atoms with Crippen molar-refractivity contribution in [3.05, 3.63) is 52.0 Å². The number of hydrogen-bond donors (Lipinski definition) is 1. The molecule has 1 saturated heterocycles. The molecule has 8 heteroatoms. The van der Waals surface area contributed by atoms with Crippen LogP contribution in [0.4, 0.5) is 0 Å². The Morgan fingerprint density at radius 1 is 1.37 bits per heavy atom. The zero-order chi connectivity index (χ0) is 21.7. The molecule has 1 fully saturated rings. The van der Waals surface area contributed by atoms with E-state index in [0.29, 0.717) is 13.0 Å². The zero-order valence-corrected chi connectivity index (χ0v) is 18.3. The topological polar surface area (TPSA) is 88.6 Å². The maximum atomic E-state index is 13.5. The molecule has 2 aromatic rings. The Morgan fingerprint density at radius 3 is 2.80 bits per heavy atom. The van der Waals surface area contributed by atoms with Crippen LogP contribution in [0.3, 0.4) is 0 Å². The standard InChI is InChI=1S/C22H27N3O4S/c1-15-7-4-5-8-17(15)22(13-18(26)24-16(2)20-23-9-12-30-20)14-19(27)25(21(22)28)10-6-11-29-3/h4-5,7-9,12,16H,6,10-11,13-14H2,1-3H3,(H,24,26)/t16-,22-/m1/s1. The van der Waals surface area contributed by atoms with Crippen LogP contribution in [0.2, 0.25) is 0 Å². The van der Waals surface area contributed by atoms with E-state index < -0.39 is 5.41 Å². The van der Waals surface area contributed by atoms with Crippen molar-refractivity contribution in [1.82, 2.24) is 15.2 Å². The highest BCUT2D eigenvalue weighted by molar-refractivity contribution is 7.09. The third kappa shape index (κ3) is 4.44. The van der Waals surface area contributed by atoms with Gasteiger partial charge in [-0.1, -0.05) is 24.3 Å². The van der Waals surface area contributed by atoms with Crippen molar-refractivity contribution in [2.24, 2.45) is 0 Å². The Bertz CT molecular complexity index is 915. The van der Waals surface area contributed by atoms with Crippen molar-refractivity contribution >= 4 is 29.1 Å². The molecule has 30 heavy (non-hydrogen) atoms. The van der Waals surface area contributed by atoms with E-state index in [1.165, 1.54) is 16.2 Å². The van der Waals surface area contributed by atoms with Crippen molar-refractivity contribution in [2.75, 3.05) is 20.3 Å². The fourth-order valence-electron chi connectivity index (χ4n) is 4.02. The van der Waals surface area contributed by atoms with Crippen LogP contribution in [0.25, 0.3) is 0 Å². The lowest BCUT2D eigenvalue weighted by Crippen LogP contribution is -2.43. The minimum Gasteiger partial charge on any atom is -0.385 e. The number of hydrogen-bond acceptors (Lipinski definition) is 6. The number of likely N-dealkylation sites (tertiary alicyclic amines) is 1. The number of carbonyl (C=O) groups excluding carboxylic acids is 3. The second-order valence-corrected chi connectivity index (χ2v) is 8.53. The summed E-state index contributed by atoms with van der Waals surface area (Å²) in [5.74, 6) is -0.837. The molecule has 0 bridgehead atoms. The quantitative estimate of drug-likeness (QED) is 0.489. The van der Waals surface area contributed by atoms with Gasteiger partial charge in [0.25, 0.3) is 0 Å². The number of nitrogens with one attached hydrogen (secondary N) is 1. The number of methoxy groups -OCH3 is 1. The highest BCUT2D eigenvalue weighted by Gasteiger charge is 2.54. The van der Waals surface area contributed by atoms with Crippen LogP contribution in [-0.2, 0) is 24.5 Å². The Kier molecular flexibility index (Phi) is 6.99. The summed E-state index contributed by atoms with van der Waals surface area (Å²) in [6, 6.07) is 7.20. The van der Waals surface area contributed by atoms with Crippen molar-refractivity contribution in [2.45, 2.75) is 44.6 Å². The molecule has 0 saturated carbocycles. The predicted octanol–water partition coefficient (Wildman–Crippen LogP) is 2.75. The van der Waals surface area contributed by atoms with Crippen LogP contribution < -0.4 is 5.32 Å². The van der Waals surface area contributed by atoms with Gasteiger partial charge in [0.1, 0.15) is 5.01 Å². The average molecular weight is 430 g/mol. The van der Waals surface area contributed by atoms with Gasteiger partial charge in [-0.25, -0.2) is 4.98 Å². The summed E-state index contributed by atoms with van der Waals surface area (Å²) in [5, 5.41) is 5.58. The van der Waals surface area contributed by atoms with Gasteiger partial charge in [0.05, 0.1) is 11.5 Å². The second kappa shape index (κ2) is 9.49. The Hall–Kier alpha value is -2.58. The number of amides is 3. The number of benzene rings is 1. The lowest BCUT2D eigenvalue weighted by atomic mass is 9.74. The molecule has 0 aliphatic carbocycles. The van der Waals surface area contributed by atoms with Gasteiger partial charge >= 0.3 is 0 Å². The van der Waals surface area contributed by atoms with Crippen LogP contribution in [0.1, 0.15) is 48.4 Å². The SMILES string of the molecule is COCCCN1C(=O)C[C@](CC(=O)N[C@H](C)c2nccs2)(c2ccccc2C)C1=O. The van der Waals surface area contributed by atoms with Crippen molar-refractivity contribution in [1.29, 1.82) is 0 Å². The summed E-state index contributed by atoms with van der Waals surface area (Å²) >= 11 is 1.46. The number of thiazole rings is 1. The number of rotatable bonds is 9. The molecular formula is C22H27N3O4S. The normalized spacial score (nSPS) is 19.9. The molecule has 1 N–H and O–H groups in total. The first-order chi connectivity index (χ1) is 14.4. The summed E-state index contributed by atoms with van der Waals surface area (Å²) in [6.07, 6.45) is 2.15. The van der Waals surface area contributed by atoms with E-state index in [4.69, 9.17) is 4.74 Å². The summed E-state index contributed by atoms with van der Waals surface area (Å²) in [4.78, 5) is 44.8. The van der Waals surface area contributed by atoms with E-state index in [0.717, 1.165) is 16.1 Å². The molecule has 3 rings (SSSR count). The molecule has 3 amide bonds. The molecule has 2 heterocycles. The van der Waals surface area contributed by atoms with Gasteiger partial charge in [0, 0.05) is 44.7 Å². The van der Waals surface area contributed by atoms with Gasteiger partial charge in [-0.2, -0.15) is 0 Å². The van der Waals surface area contributed by atoms with Gasteiger partial charge in [-0.3, -0.25) is 19.3 Å². The molecule has 160 valence electrons. The van der Waals surface area contributed by atoms with Crippen molar-refractivity contribution < 1.29 is 19.1 Å². The Labute approximate surface area is 180 Å². The smallest absolute Gasteiger partial charge is 0.240 e. The Morgan fingerprint density at radius 2 is 2.13 bits per heavy atom. The largest absolute Gasteiger partial charge is 0.385 e. The molecule has 0 radical (unpaired) electrons. The van der Waals surface area contributed by atoms with E-state index in [-0.39, 0.29) is 43.1 Å². The number of carbonyl (C=O) groups is 3. The number of aryl methyl sites for hydroxylation is 1. The Balaban J connectivity index is 1.88. The van der Waals surface area contributed by atoms with Crippen LogP contribution in [0.15, 0.2) is 35.8 Å². The summed E-state index contributed by atoms with van der Waals surface area (Å²) < 4.78 is 5.05. The maximum Gasteiger partial charge on any atom is 0.240 e. The highest BCUT2D eigenvalue weighted by Crippen LogP contribution is 2.41. The fourth-order valence-corrected chi connectivity index (χ4v) is 4.67. The van der Waals surface area contributed by atoms with Crippen molar-refractivity contribution in [3.63, 3.8) is 0 Å². The van der Waals surface area contributed by atoms with E-state index in [9.17, 15) is 14.4 Å². The van der Waals surface area contributed by atoms with E-state index in [2.05, 4.69) is 10.3 Å². The second-order valence-electron chi connectivity index (χ2n) is 7.61. The zero-order valence-electron chi connectivity index (χ0n) is 17.5. The highest BCUT2D eigenvalue weighted by atomic mass is 32.1. The summed E-state index contributed by atoms with van der Waals surface area (Å²) in [6.45, 7) is 4.50. The first kappa shape index (κ1) is 22.1. The third-order valence-corrected chi connectivity index (χ3v) is 6.42. The maximum absolute atomic E-state index is 13.5. The van der Waals surface area contributed by atoms with Crippen LogP contribution >= 0.6 is 11.3 Å². The van der Waals surface area contributed by atoms with E-state index in [1.807, 2.05) is 43.5 Å². The van der Waals surface area contributed by atoms with Gasteiger partial charge in [0.2, 0.25) is 17.7 Å². The van der Waals surface area contributed by atoms with Gasteiger partial charge < -0.3 is 10.1 Å². The van der Waals surface area contributed by atoms with E-state index >= 15 is 0 Å². The lowest BCUT2D eigenvalue weighted by molar-refractivity contribution is -0.141. The van der Waals surface area contributed by atoms with Crippen LogP contribution in [-0.4, -0.2) is 47.9 Å². The molecule has 0 spiro atoms. The van der Waals surface area contributed by atoms with E-state index in [1.54, 1.807) is 13.3 Å². The van der Waals surface area contributed by atoms with Gasteiger partial charge in [-0.05, 0) is 31.4 Å². The molecular weight excluding hydrogens is 402 g/mol. The summed E-state index contributed by atoms with van der Waals surface area (Å²) in [7, 11) is 1.58. The number of aromatic nitrogens is 1. The molecule has 1 aromatic heterocycles. The lowest BCUT2D eigenvalue weighted by Gasteiger charge is -2.29. The van der Waals surface area contributed by atoms with Crippen LogP contribution in [0, 0.1) is 6.92 Å². The molecule has 2 atom stereocenters. The third-order valence-electron chi connectivity index (χ3n) is 5.46. The molecule has 1 aromatic carbocycles. The molecule has 1 aliphatic heterocycles. The molecule has 7 nitrogen and oxygen atoms in total. The average Bonchev–Trinajstić information content (AvgIpc) is 3.32. The number of nitrogens with zero attached hydrogens (tertiary/aromatic N) is 2. The number of ether oxygens (including phenoxy) is 1. The first-order valence-electron chi connectivity index (χ1n) is 9.97. The molecule has 0 unspecified atom stereocenters. The first-order valence-corrected chi connectivity index (χ1v) is 10.9. The fraction of sp³-hybridized carbons (Fsp3) is 0.455. The van der Waals surface area contributed by atoms with Gasteiger partial charge in [0.15, 0.2) is 0 Å². The van der Waals surface area contributed by atoms with Gasteiger partial charge in [-0.15, -0.1) is 11.3 Å². The number of imide groups is 1. The predicted molar refractivity (Wildman–Crippen MR) is 114 cm³/mol. The summed E-state index contributed by atoms with van der Waals surface area (Å²) in [5.41, 5.74) is 0.426. The minimum absolute atomic E-state index is 0.0112.